The van der Waals surface area contributed by atoms with Gasteiger partial charge in [-0.05, 0) is 34.6 Å². The molecule has 0 saturated carbocycles. The summed E-state index contributed by atoms with van der Waals surface area (Å²) < 4.78 is 57.9. The number of aromatic nitrogens is 2. The van der Waals surface area contributed by atoms with Crippen molar-refractivity contribution < 1.29 is 21.5 Å². The molecule has 0 radical (unpaired) electrons. The highest BCUT2D eigenvalue weighted by Crippen LogP contribution is 2.23. The van der Waals surface area contributed by atoms with Crippen LogP contribution in [0.3, 0.4) is 0 Å². The summed E-state index contributed by atoms with van der Waals surface area (Å²) in [6.07, 6.45) is 0. The van der Waals surface area contributed by atoms with Crippen LogP contribution in [0.1, 0.15) is 0 Å². The van der Waals surface area contributed by atoms with Gasteiger partial charge >= 0.3 is 0 Å². The Balaban J connectivity index is 1.87. The second-order valence-electron chi connectivity index (χ2n) is 4.80. The van der Waals surface area contributed by atoms with Crippen LogP contribution < -0.4 is 9.44 Å². The lowest BCUT2D eigenvalue weighted by Crippen LogP contribution is -2.17. The minimum absolute atomic E-state index is 0.0186. The number of rotatable bonds is 6. The van der Waals surface area contributed by atoms with Crippen LogP contribution >= 0.6 is 0 Å². The molecule has 11 heteroatoms. The lowest BCUT2D eigenvalue weighted by Gasteiger charge is -2.08. The van der Waals surface area contributed by atoms with Gasteiger partial charge in [-0.25, -0.2) is 21.5 Å². The molecule has 1 aromatic heterocycles. The van der Waals surface area contributed by atoms with E-state index in [0.717, 1.165) is 0 Å². The largest absolute Gasteiger partial charge is 0.263 e. The lowest BCUT2D eigenvalue weighted by molar-refractivity contribution is 0.311. The number of nitrogens with one attached hydrogen (secondary N) is 2. The molecule has 0 spiro atoms. The van der Waals surface area contributed by atoms with Crippen molar-refractivity contribution in [1.82, 2.24) is 10.3 Å². The van der Waals surface area contributed by atoms with Crippen LogP contribution in [0.2, 0.25) is 0 Å². The predicted octanol–water partition coefficient (Wildman–Crippen LogP) is 1.67. The molecule has 2 aromatic carbocycles. The maximum Gasteiger partial charge on any atom is 0.263 e. The van der Waals surface area contributed by atoms with Crippen LogP contribution in [-0.2, 0) is 20.0 Å². The van der Waals surface area contributed by atoms with Crippen LogP contribution in [0.4, 0.5) is 11.6 Å². The zero-order valence-corrected chi connectivity index (χ0v) is 14.2. The Kier molecular flexibility index (Phi) is 4.42. The van der Waals surface area contributed by atoms with Crippen LogP contribution in [-0.4, -0.2) is 27.1 Å². The van der Waals surface area contributed by atoms with Crippen LogP contribution in [0.25, 0.3) is 0 Å². The molecule has 2 N–H and O–H groups in total. The van der Waals surface area contributed by atoms with Gasteiger partial charge in [-0.1, -0.05) is 36.4 Å². The molecule has 0 bridgehead atoms. The quantitative estimate of drug-likeness (QED) is 0.665. The summed E-state index contributed by atoms with van der Waals surface area (Å²) >= 11 is 0. The van der Waals surface area contributed by atoms with Crippen molar-refractivity contribution >= 4 is 31.7 Å². The van der Waals surface area contributed by atoms with Gasteiger partial charge in [-0.15, -0.1) is 0 Å². The Morgan fingerprint density at radius 1 is 0.640 bits per heavy atom. The van der Waals surface area contributed by atoms with E-state index in [1.54, 1.807) is 36.4 Å². The first-order valence-corrected chi connectivity index (χ1v) is 9.83. The summed E-state index contributed by atoms with van der Waals surface area (Å²) in [5, 5.41) is 6.80. The highest BCUT2D eigenvalue weighted by atomic mass is 32.2. The predicted molar refractivity (Wildman–Crippen MR) is 88.8 cm³/mol. The van der Waals surface area contributed by atoms with Gasteiger partial charge in [-0.2, -0.15) is 0 Å². The third-order valence-corrected chi connectivity index (χ3v) is 5.77. The monoisotopic (exact) mass is 380 g/mol. The minimum atomic E-state index is -3.97. The van der Waals surface area contributed by atoms with E-state index < -0.39 is 20.0 Å². The highest BCUT2D eigenvalue weighted by molar-refractivity contribution is 7.93. The van der Waals surface area contributed by atoms with Gasteiger partial charge in [0.25, 0.3) is 20.0 Å². The molecule has 0 atom stereocenters. The standard InChI is InChI=1S/C14H12N4O5S2/c19-24(20,11-7-3-1-4-8-11)17-13-14(16-23-15-13)18-25(21,22)12-9-5-2-6-10-12/h1-10H,(H,15,17)(H,16,18). The Labute approximate surface area is 143 Å². The first kappa shape index (κ1) is 16.9. The van der Waals surface area contributed by atoms with E-state index >= 15 is 0 Å². The van der Waals surface area contributed by atoms with Gasteiger partial charge in [0.15, 0.2) is 0 Å². The molecule has 9 nitrogen and oxygen atoms in total. The summed E-state index contributed by atoms with van der Waals surface area (Å²) in [6, 6.07) is 15.0. The van der Waals surface area contributed by atoms with Gasteiger partial charge in [-0.3, -0.25) is 9.44 Å². The van der Waals surface area contributed by atoms with Gasteiger partial charge in [0, 0.05) is 0 Å². The van der Waals surface area contributed by atoms with E-state index in [1.165, 1.54) is 24.3 Å². The molecule has 0 fully saturated rings. The van der Waals surface area contributed by atoms with Crippen molar-refractivity contribution in [3.8, 4) is 0 Å². The summed E-state index contributed by atoms with van der Waals surface area (Å²) in [5.74, 6) is -0.744. The van der Waals surface area contributed by atoms with E-state index in [-0.39, 0.29) is 21.4 Å². The molecular weight excluding hydrogens is 368 g/mol. The molecule has 0 amide bonds. The van der Waals surface area contributed by atoms with E-state index in [2.05, 4.69) is 24.4 Å². The average Bonchev–Trinajstić information content (AvgIpc) is 3.02. The molecular formula is C14H12N4O5S2. The maximum atomic E-state index is 12.3. The fourth-order valence-electron chi connectivity index (χ4n) is 1.89. The summed E-state index contributed by atoms with van der Waals surface area (Å²) in [4.78, 5) is -0.0373. The van der Waals surface area contributed by atoms with Crippen LogP contribution in [0, 0.1) is 0 Å². The molecule has 0 aliphatic carbocycles. The molecule has 0 aliphatic heterocycles. The SMILES string of the molecule is O=S(=O)(Nc1nonc1NS(=O)(=O)c1ccccc1)c1ccccc1. The first-order chi connectivity index (χ1) is 11.9. The van der Waals surface area contributed by atoms with E-state index in [0.29, 0.717) is 0 Å². The Morgan fingerprint density at radius 2 is 1.00 bits per heavy atom. The van der Waals surface area contributed by atoms with Crippen LogP contribution in [0.15, 0.2) is 75.1 Å². The van der Waals surface area contributed by atoms with Crippen molar-refractivity contribution in [2.24, 2.45) is 0 Å². The van der Waals surface area contributed by atoms with E-state index in [9.17, 15) is 16.8 Å². The highest BCUT2D eigenvalue weighted by Gasteiger charge is 2.23. The van der Waals surface area contributed by atoms with E-state index in [4.69, 9.17) is 0 Å². The Morgan fingerprint density at radius 3 is 1.36 bits per heavy atom. The molecule has 3 aromatic rings. The van der Waals surface area contributed by atoms with Crippen molar-refractivity contribution in [1.29, 1.82) is 0 Å². The summed E-state index contributed by atoms with van der Waals surface area (Å²) in [7, 11) is -7.95. The number of hydrogen-bond acceptors (Lipinski definition) is 7. The minimum Gasteiger partial charge on any atom is -0.257 e. The third-order valence-electron chi connectivity index (χ3n) is 3.06. The number of sulfonamides is 2. The first-order valence-electron chi connectivity index (χ1n) is 6.87. The van der Waals surface area contributed by atoms with Crippen molar-refractivity contribution in [3.63, 3.8) is 0 Å². The fourth-order valence-corrected chi connectivity index (χ4v) is 3.94. The van der Waals surface area contributed by atoms with Gasteiger partial charge in [0.05, 0.1) is 9.79 Å². The van der Waals surface area contributed by atoms with Gasteiger partial charge < -0.3 is 0 Å². The topological polar surface area (TPSA) is 131 Å². The number of benzene rings is 2. The molecule has 25 heavy (non-hydrogen) atoms. The van der Waals surface area contributed by atoms with Crippen molar-refractivity contribution in [2.75, 3.05) is 9.44 Å². The fraction of sp³-hybridized carbons (Fsp3) is 0. The molecule has 0 unspecified atom stereocenters. The Bertz CT molecular complexity index is 979. The molecule has 1 heterocycles. The number of anilines is 2. The molecule has 3 rings (SSSR count). The lowest BCUT2D eigenvalue weighted by atomic mass is 10.4. The van der Waals surface area contributed by atoms with Gasteiger partial charge in [0.2, 0.25) is 11.6 Å². The normalized spacial score (nSPS) is 11.8. The zero-order chi connectivity index (χ0) is 17.9. The third kappa shape index (κ3) is 3.78. The number of nitrogens with zero attached hydrogens (tertiary/aromatic N) is 2. The molecule has 0 saturated heterocycles. The zero-order valence-electron chi connectivity index (χ0n) is 12.5. The second-order valence-corrected chi connectivity index (χ2v) is 8.16. The van der Waals surface area contributed by atoms with Crippen LogP contribution in [0.5, 0.6) is 0 Å². The number of hydrogen-bond donors (Lipinski definition) is 2. The van der Waals surface area contributed by atoms with Crippen molar-refractivity contribution in [2.45, 2.75) is 9.79 Å². The average molecular weight is 380 g/mol. The maximum absolute atomic E-state index is 12.3. The second kappa shape index (κ2) is 6.53. The smallest absolute Gasteiger partial charge is 0.257 e. The van der Waals surface area contributed by atoms with Gasteiger partial charge in [0.1, 0.15) is 0 Å². The molecule has 0 aliphatic rings. The molecule has 130 valence electrons. The van der Waals surface area contributed by atoms with Crippen molar-refractivity contribution in [3.05, 3.63) is 60.7 Å². The Hall–Kier alpha value is -2.92. The van der Waals surface area contributed by atoms with E-state index in [1.807, 2.05) is 0 Å². The summed E-state index contributed by atoms with van der Waals surface area (Å²) in [5.41, 5.74) is 0. The summed E-state index contributed by atoms with van der Waals surface area (Å²) in [6.45, 7) is 0.